The molecule has 0 amide bonds. The maximum atomic E-state index is 6.30. The zero-order valence-electron chi connectivity index (χ0n) is 13.3. The van der Waals surface area contributed by atoms with Gasteiger partial charge in [0.25, 0.3) is 0 Å². The van der Waals surface area contributed by atoms with E-state index in [9.17, 15) is 0 Å². The van der Waals surface area contributed by atoms with Crippen molar-refractivity contribution in [2.24, 2.45) is 5.92 Å². The minimum atomic E-state index is 0.289. The van der Waals surface area contributed by atoms with Crippen molar-refractivity contribution in [2.45, 2.75) is 25.3 Å². The second kappa shape index (κ2) is 5.61. The van der Waals surface area contributed by atoms with Crippen LogP contribution in [-0.4, -0.2) is 7.11 Å². The van der Waals surface area contributed by atoms with Crippen LogP contribution in [0.3, 0.4) is 0 Å². The van der Waals surface area contributed by atoms with E-state index in [4.69, 9.17) is 16.3 Å². The standard InChI is InChI=1S/C20H20ClNO/c1-12-9-14(21)11-18-16-7-4-8-17(16)20(22-19(12)18)13-5-3-6-15(10-13)23-2/h3-7,9-11,16-17,20,22H,8H2,1-2H3/t16-,17-,20+/m1/s1. The summed E-state index contributed by atoms with van der Waals surface area (Å²) in [7, 11) is 1.72. The molecular formula is C20H20ClNO. The third-order valence-electron chi connectivity index (χ3n) is 5.08. The van der Waals surface area contributed by atoms with Gasteiger partial charge in [0.1, 0.15) is 5.75 Å². The molecule has 0 radical (unpaired) electrons. The normalized spacial score (nSPS) is 24.7. The van der Waals surface area contributed by atoms with Crippen molar-refractivity contribution in [1.82, 2.24) is 0 Å². The van der Waals surface area contributed by atoms with E-state index in [1.807, 2.05) is 12.1 Å². The van der Waals surface area contributed by atoms with Crippen molar-refractivity contribution in [3.63, 3.8) is 0 Å². The number of hydrogen-bond acceptors (Lipinski definition) is 2. The molecular weight excluding hydrogens is 306 g/mol. The van der Waals surface area contributed by atoms with Crippen molar-refractivity contribution in [3.05, 3.63) is 70.3 Å². The van der Waals surface area contributed by atoms with Crippen molar-refractivity contribution < 1.29 is 4.74 Å². The summed E-state index contributed by atoms with van der Waals surface area (Å²) in [5, 5.41) is 4.60. The lowest BCUT2D eigenvalue weighted by molar-refractivity contribution is 0.406. The van der Waals surface area contributed by atoms with Gasteiger partial charge in [0.15, 0.2) is 0 Å². The van der Waals surface area contributed by atoms with Gasteiger partial charge >= 0.3 is 0 Å². The second-order valence-corrected chi connectivity index (χ2v) is 6.88. The zero-order chi connectivity index (χ0) is 16.0. The lowest BCUT2D eigenvalue weighted by Crippen LogP contribution is -2.29. The fraction of sp³-hybridized carbons (Fsp3) is 0.300. The number of halogens is 1. The maximum Gasteiger partial charge on any atom is 0.119 e. The first-order chi connectivity index (χ1) is 11.2. The molecule has 2 aliphatic rings. The molecule has 1 heterocycles. The number of aryl methyl sites for hydroxylation is 1. The summed E-state index contributed by atoms with van der Waals surface area (Å²) in [5.41, 5.74) is 5.05. The van der Waals surface area contributed by atoms with E-state index >= 15 is 0 Å². The van der Waals surface area contributed by atoms with Crippen LogP contribution in [0.5, 0.6) is 5.75 Å². The van der Waals surface area contributed by atoms with Crippen molar-refractivity contribution in [2.75, 3.05) is 12.4 Å². The van der Waals surface area contributed by atoms with Crippen molar-refractivity contribution in [3.8, 4) is 5.75 Å². The van der Waals surface area contributed by atoms with E-state index in [-0.39, 0.29) is 6.04 Å². The van der Waals surface area contributed by atoms with Crippen LogP contribution in [-0.2, 0) is 0 Å². The average molecular weight is 326 g/mol. The Labute approximate surface area is 142 Å². The minimum absolute atomic E-state index is 0.289. The molecule has 0 aromatic heterocycles. The average Bonchev–Trinajstić information content (AvgIpc) is 3.04. The molecule has 0 saturated carbocycles. The molecule has 3 atom stereocenters. The molecule has 3 heteroatoms. The fourth-order valence-electron chi connectivity index (χ4n) is 4.01. The first-order valence-corrected chi connectivity index (χ1v) is 8.42. The van der Waals surface area contributed by atoms with Gasteiger partial charge in [-0.05, 0) is 60.2 Å². The molecule has 23 heavy (non-hydrogen) atoms. The van der Waals surface area contributed by atoms with Crippen LogP contribution in [0.4, 0.5) is 5.69 Å². The van der Waals surface area contributed by atoms with Gasteiger partial charge in [-0.1, -0.05) is 35.9 Å². The van der Waals surface area contributed by atoms with Gasteiger partial charge in [0.05, 0.1) is 13.2 Å². The number of allylic oxidation sites excluding steroid dienone is 2. The lowest BCUT2D eigenvalue weighted by atomic mass is 9.76. The Hall–Kier alpha value is -1.93. The molecule has 4 rings (SSSR count). The summed E-state index contributed by atoms with van der Waals surface area (Å²) in [5.74, 6) is 1.86. The second-order valence-electron chi connectivity index (χ2n) is 6.44. The molecule has 0 fully saturated rings. The Bertz CT molecular complexity index is 783. The monoisotopic (exact) mass is 325 g/mol. The van der Waals surface area contributed by atoms with Gasteiger partial charge in [0, 0.05) is 16.6 Å². The Kier molecular flexibility index (Phi) is 3.57. The number of nitrogens with one attached hydrogen (secondary N) is 1. The molecule has 0 bridgehead atoms. The van der Waals surface area contributed by atoms with E-state index in [0.717, 1.165) is 17.2 Å². The van der Waals surface area contributed by atoms with Gasteiger partial charge in [-0.15, -0.1) is 0 Å². The van der Waals surface area contributed by atoms with Crippen molar-refractivity contribution >= 4 is 17.3 Å². The van der Waals surface area contributed by atoms with Crippen LogP contribution in [0.1, 0.15) is 35.1 Å². The number of ether oxygens (including phenoxy) is 1. The Morgan fingerprint density at radius 3 is 2.91 bits per heavy atom. The largest absolute Gasteiger partial charge is 0.497 e. The topological polar surface area (TPSA) is 21.3 Å². The molecule has 1 aliphatic carbocycles. The molecule has 2 nitrogen and oxygen atoms in total. The summed E-state index contributed by atoms with van der Waals surface area (Å²) in [6.07, 6.45) is 5.73. The van der Waals surface area contributed by atoms with E-state index in [1.54, 1.807) is 7.11 Å². The molecule has 0 spiro atoms. The number of benzene rings is 2. The Morgan fingerprint density at radius 1 is 1.22 bits per heavy atom. The highest BCUT2D eigenvalue weighted by molar-refractivity contribution is 6.30. The highest BCUT2D eigenvalue weighted by atomic mass is 35.5. The summed E-state index contributed by atoms with van der Waals surface area (Å²) in [6, 6.07) is 12.8. The Balaban J connectivity index is 1.81. The van der Waals surface area contributed by atoms with Gasteiger partial charge in [-0.2, -0.15) is 0 Å². The van der Waals surface area contributed by atoms with E-state index in [1.165, 1.54) is 22.4 Å². The van der Waals surface area contributed by atoms with Crippen LogP contribution < -0.4 is 10.1 Å². The van der Waals surface area contributed by atoms with Crippen LogP contribution in [0.15, 0.2) is 48.6 Å². The molecule has 118 valence electrons. The number of hydrogen-bond donors (Lipinski definition) is 1. The van der Waals surface area contributed by atoms with Gasteiger partial charge in [0.2, 0.25) is 0 Å². The van der Waals surface area contributed by atoms with Gasteiger partial charge in [-0.3, -0.25) is 0 Å². The highest BCUT2D eigenvalue weighted by Gasteiger charge is 2.38. The predicted molar refractivity (Wildman–Crippen MR) is 95.5 cm³/mol. The number of methoxy groups -OCH3 is 1. The summed E-state index contributed by atoms with van der Waals surface area (Å²) >= 11 is 6.30. The highest BCUT2D eigenvalue weighted by Crippen LogP contribution is 2.51. The molecule has 0 unspecified atom stereocenters. The minimum Gasteiger partial charge on any atom is -0.497 e. The summed E-state index contributed by atoms with van der Waals surface area (Å²) < 4.78 is 5.41. The molecule has 0 saturated heterocycles. The van der Waals surface area contributed by atoms with E-state index < -0.39 is 0 Å². The predicted octanol–water partition coefficient (Wildman–Crippen LogP) is 5.48. The first-order valence-electron chi connectivity index (χ1n) is 8.04. The van der Waals surface area contributed by atoms with Gasteiger partial charge in [-0.25, -0.2) is 0 Å². The van der Waals surface area contributed by atoms with Crippen LogP contribution >= 0.6 is 11.6 Å². The zero-order valence-corrected chi connectivity index (χ0v) is 14.1. The smallest absolute Gasteiger partial charge is 0.119 e. The molecule has 1 aliphatic heterocycles. The van der Waals surface area contributed by atoms with Crippen LogP contribution in [0.25, 0.3) is 0 Å². The van der Waals surface area contributed by atoms with Crippen LogP contribution in [0.2, 0.25) is 5.02 Å². The fourth-order valence-corrected chi connectivity index (χ4v) is 4.29. The van der Waals surface area contributed by atoms with E-state index in [0.29, 0.717) is 11.8 Å². The third-order valence-corrected chi connectivity index (χ3v) is 5.30. The molecule has 1 N–H and O–H groups in total. The molecule has 2 aromatic carbocycles. The third kappa shape index (κ3) is 2.42. The first kappa shape index (κ1) is 14.6. The van der Waals surface area contributed by atoms with Gasteiger partial charge < -0.3 is 10.1 Å². The quantitative estimate of drug-likeness (QED) is 0.738. The van der Waals surface area contributed by atoms with E-state index in [2.05, 4.69) is 48.7 Å². The summed E-state index contributed by atoms with van der Waals surface area (Å²) in [6.45, 7) is 2.12. The Morgan fingerprint density at radius 2 is 2.09 bits per heavy atom. The van der Waals surface area contributed by atoms with Crippen molar-refractivity contribution in [1.29, 1.82) is 0 Å². The number of fused-ring (bicyclic) bond motifs is 3. The SMILES string of the molecule is COc1cccc([C@@H]2Nc3c(C)cc(Cl)cc3[C@@H]3C=CC[C@H]32)c1. The number of anilines is 1. The van der Waals surface area contributed by atoms with Crippen LogP contribution in [0, 0.1) is 12.8 Å². The lowest BCUT2D eigenvalue weighted by Gasteiger charge is -2.38. The summed E-state index contributed by atoms with van der Waals surface area (Å²) in [4.78, 5) is 0. The molecule has 2 aromatic rings. The number of rotatable bonds is 2. The maximum absolute atomic E-state index is 6.30.